The van der Waals surface area contributed by atoms with Crippen molar-refractivity contribution in [2.45, 2.75) is 25.0 Å². The highest BCUT2D eigenvalue weighted by Gasteiger charge is 2.08. The van der Waals surface area contributed by atoms with Crippen LogP contribution in [0.25, 0.3) is 0 Å². The molecular formula is C15H18N2O4S. The van der Waals surface area contributed by atoms with Crippen molar-refractivity contribution in [2.75, 3.05) is 19.5 Å². The Morgan fingerprint density at radius 2 is 2.18 bits per heavy atom. The fourth-order valence-corrected chi connectivity index (χ4v) is 2.36. The van der Waals surface area contributed by atoms with Gasteiger partial charge in [0.15, 0.2) is 11.5 Å². The van der Waals surface area contributed by atoms with E-state index in [9.17, 15) is 4.79 Å². The van der Waals surface area contributed by atoms with Gasteiger partial charge in [0, 0.05) is 17.7 Å². The number of ether oxygens (including phenoxy) is 2. The fourth-order valence-electron chi connectivity index (χ4n) is 1.77. The third-order valence-electron chi connectivity index (χ3n) is 2.80. The number of rotatable bonds is 9. The fraction of sp³-hybridized carbons (Fsp3) is 0.400. The van der Waals surface area contributed by atoms with E-state index in [1.807, 2.05) is 0 Å². The summed E-state index contributed by atoms with van der Waals surface area (Å²) in [6, 6.07) is 5.05. The first kappa shape index (κ1) is 16.4. The minimum atomic E-state index is 0.465. The van der Waals surface area contributed by atoms with Gasteiger partial charge in [0.05, 0.1) is 13.7 Å². The van der Waals surface area contributed by atoms with Gasteiger partial charge in [-0.1, -0.05) is 18.7 Å². The summed E-state index contributed by atoms with van der Waals surface area (Å²) in [4.78, 5) is 10.7. The lowest BCUT2D eigenvalue weighted by molar-refractivity contribution is 0.112. The molecule has 0 amide bonds. The maximum absolute atomic E-state index is 10.7. The van der Waals surface area contributed by atoms with Crippen molar-refractivity contribution in [2.24, 2.45) is 0 Å². The van der Waals surface area contributed by atoms with Crippen LogP contribution < -0.4 is 9.47 Å². The Hall–Kier alpha value is -2.02. The molecule has 0 spiro atoms. The zero-order valence-corrected chi connectivity index (χ0v) is 13.4. The molecule has 0 fully saturated rings. The van der Waals surface area contributed by atoms with E-state index in [0.29, 0.717) is 40.5 Å². The van der Waals surface area contributed by atoms with Crippen LogP contribution in [-0.2, 0) is 6.42 Å². The number of benzene rings is 1. The van der Waals surface area contributed by atoms with Gasteiger partial charge in [0.25, 0.3) is 5.22 Å². The predicted octanol–water partition coefficient (Wildman–Crippen LogP) is 3.01. The molecule has 7 heteroatoms. The maximum atomic E-state index is 10.7. The Labute approximate surface area is 133 Å². The number of thioether (sulfide) groups is 1. The number of nitrogens with zero attached hydrogens (tertiary/aromatic N) is 2. The van der Waals surface area contributed by atoms with Gasteiger partial charge in [-0.3, -0.25) is 4.79 Å². The molecule has 0 saturated carbocycles. The number of aromatic nitrogens is 2. The number of hydrogen-bond acceptors (Lipinski definition) is 7. The van der Waals surface area contributed by atoms with Gasteiger partial charge in [0.1, 0.15) is 6.29 Å². The third kappa shape index (κ3) is 4.49. The first-order valence-corrected chi connectivity index (χ1v) is 7.96. The van der Waals surface area contributed by atoms with Crippen molar-refractivity contribution in [3.63, 3.8) is 0 Å². The predicted molar refractivity (Wildman–Crippen MR) is 82.9 cm³/mol. The second-order valence-corrected chi connectivity index (χ2v) is 5.48. The summed E-state index contributed by atoms with van der Waals surface area (Å²) in [7, 11) is 1.54. The molecule has 0 unspecified atom stereocenters. The highest BCUT2D eigenvalue weighted by atomic mass is 32.2. The summed E-state index contributed by atoms with van der Waals surface area (Å²) in [5, 5.41) is 8.47. The molecule has 118 valence electrons. The zero-order chi connectivity index (χ0) is 15.8. The molecule has 6 nitrogen and oxygen atoms in total. The molecule has 22 heavy (non-hydrogen) atoms. The van der Waals surface area contributed by atoms with Crippen LogP contribution in [0.15, 0.2) is 27.8 Å². The molecule has 1 aromatic carbocycles. The molecule has 2 aromatic rings. The molecule has 0 bridgehead atoms. The molecule has 1 aromatic heterocycles. The minimum absolute atomic E-state index is 0.465. The molecule has 0 saturated heterocycles. The number of hydrogen-bond donors (Lipinski definition) is 0. The second kappa shape index (κ2) is 8.43. The van der Waals surface area contributed by atoms with Gasteiger partial charge in [-0.2, -0.15) is 0 Å². The van der Waals surface area contributed by atoms with E-state index in [1.165, 1.54) is 11.8 Å². The molecule has 0 radical (unpaired) electrons. The summed E-state index contributed by atoms with van der Waals surface area (Å²) in [5.41, 5.74) is 0.549. The summed E-state index contributed by atoms with van der Waals surface area (Å²) in [5.74, 6) is 2.48. The van der Waals surface area contributed by atoms with Gasteiger partial charge >= 0.3 is 0 Å². The van der Waals surface area contributed by atoms with Gasteiger partial charge in [-0.15, -0.1) is 10.2 Å². The van der Waals surface area contributed by atoms with Crippen molar-refractivity contribution >= 4 is 18.0 Å². The van der Waals surface area contributed by atoms with Gasteiger partial charge in [-0.25, -0.2) is 0 Å². The van der Waals surface area contributed by atoms with Crippen LogP contribution in [0.5, 0.6) is 11.5 Å². The van der Waals surface area contributed by atoms with E-state index < -0.39 is 0 Å². The molecule has 1 heterocycles. The number of carbonyl (C=O) groups excluding carboxylic acids is 1. The smallest absolute Gasteiger partial charge is 0.276 e. The Kier molecular flexibility index (Phi) is 6.27. The van der Waals surface area contributed by atoms with Crippen molar-refractivity contribution in [1.82, 2.24) is 10.2 Å². The molecular weight excluding hydrogens is 304 g/mol. The average Bonchev–Trinajstić information content (AvgIpc) is 2.99. The normalized spacial score (nSPS) is 10.5. The molecule has 0 N–H and O–H groups in total. The monoisotopic (exact) mass is 322 g/mol. The van der Waals surface area contributed by atoms with Crippen molar-refractivity contribution in [3.05, 3.63) is 29.7 Å². The van der Waals surface area contributed by atoms with Crippen LogP contribution in [0.4, 0.5) is 0 Å². The molecule has 0 aliphatic carbocycles. The standard InChI is InChI=1S/C15H18N2O4S/c1-3-4-14-16-17-15(21-14)22-8-7-20-12-6-5-11(10-18)9-13(12)19-2/h5-6,9-10H,3-4,7-8H2,1-2H3. The van der Waals surface area contributed by atoms with Gasteiger partial charge in [0.2, 0.25) is 5.89 Å². The van der Waals surface area contributed by atoms with Gasteiger partial charge in [-0.05, 0) is 24.6 Å². The van der Waals surface area contributed by atoms with E-state index >= 15 is 0 Å². The number of methoxy groups -OCH3 is 1. The van der Waals surface area contributed by atoms with Crippen molar-refractivity contribution < 1.29 is 18.7 Å². The summed E-state index contributed by atoms with van der Waals surface area (Å²) >= 11 is 1.45. The molecule has 0 atom stereocenters. The molecule has 2 rings (SSSR count). The minimum Gasteiger partial charge on any atom is -0.493 e. The summed E-state index contributed by atoms with van der Waals surface area (Å²) in [6.45, 7) is 2.53. The number of aryl methyl sites for hydroxylation is 1. The van der Waals surface area contributed by atoms with E-state index in [2.05, 4.69) is 17.1 Å². The average molecular weight is 322 g/mol. The topological polar surface area (TPSA) is 74.5 Å². The molecule has 0 aliphatic rings. The van der Waals surface area contributed by atoms with E-state index in [0.717, 1.165) is 19.1 Å². The Balaban J connectivity index is 1.81. The lowest BCUT2D eigenvalue weighted by atomic mass is 10.2. The van der Waals surface area contributed by atoms with Crippen LogP contribution in [-0.4, -0.2) is 36.0 Å². The molecule has 0 aliphatic heterocycles. The van der Waals surface area contributed by atoms with Crippen molar-refractivity contribution in [3.8, 4) is 11.5 Å². The highest BCUT2D eigenvalue weighted by Crippen LogP contribution is 2.28. The Morgan fingerprint density at radius 3 is 2.91 bits per heavy atom. The maximum Gasteiger partial charge on any atom is 0.276 e. The van der Waals surface area contributed by atoms with E-state index in [4.69, 9.17) is 13.9 Å². The SMILES string of the molecule is CCCc1nnc(SCCOc2ccc(C=O)cc2OC)o1. The first-order valence-electron chi connectivity index (χ1n) is 6.98. The van der Waals surface area contributed by atoms with Crippen LogP contribution in [0.3, 0.4) is 0 Å². The first-order chi connectivity index (χ1) is 10.8. The summed E-state index contributed by atoms with van der Waals surface area (Å²) in [6.07, 6.45) is 2.54. The Bertz CT molecular complexity index is 615. The van der Waals surface area contributed by atoms with E-state index in [1.54, 1.807) is 25.3 Å². The summed E-state index contributed by atoms with van der Waals surface area (Å²) < 4.78 is 16.3. The quantitative estimate of drug-likeness (QED) is 0.399. The number of aldehydes is 1. The second-order valence-electron chi connectivity index (χ2n) is 4.44. The van der Waals surface area contributed by atoms with Crippen LogP contribution in [0, 0.1) is 0 Å². The van der Waals surface area contributed by atoms with Crippen molar-refractivity contribution in [1.29, 1.82) is 0 Å². The van der Waals surface area contributed by atoms with Gasteiger partial charge < -0.3 is 13.9 Å². The Morgan fingerprint density at radius 1 is 1.32 bits per heavy atom. The number of carbonyl (C=O) groups is 1. The zero-order valence-electron chi connectivity index (χ0n) is 12.6. The van der Waals surface area contributed by atoms with Crippen LogP contribution in [0.1, 0.15) is 29.6 Å². The highest BCUT2D eigenvalue weighted by molar-refractivity contribution is 7.99. The van der Waals surface area contributed by atoms with Crippen LogP contribution >= 0.6 is 11.8 Å². The van der Waals surface area contributed by atoms with E-state index in [-0.39, 0.29) is 0 Å². The lowest BCUT2D eigenvalue weighted by Crippen LogP contribution is -2.02. The van der Waals surface area contributed by atoms with Crippen LogP contribution in [0.2, 0.25) is 0 Å². The lowest BCUT2D eigenvalue weighted by Gasteiger charge is -2.10. The third-order valence-corrected chi connectivity index (χ3v) is 3.59. The largest absolute Gasteiger partial charge is 0.493 e.